The molecule has 2 heterocycles. The molecule has 0 saturated carbocycles. The van der Waals surface area contributed by atoms with Gasteiger partial charge < -0.3 is 15.1 Å². The van der Waals surface area contributed by atoms with E-state index >= 15 is 0 Å². The maximum absolute atomic E-state index is 13.2. The minimum absolute atomic E-state index is 0.00935. The Morgan fingerprint density at radius 1 is 1.26 bits per heavy atom. The summed E-state index contributed by atoms with van der Waals surface area (Å²) in [5.74, 6) is 0.00551. The number of hydrogen-bond acceptors (Lipinski definition) is 5. The van der Waals surface area contributed by atoms with Gasteiger partial charge in [0, 0.05) is 37.7 Å². The number of halogens is 1. The molecule has 0 radical (unpaired) electrons. The first-order chi connectivity index (χ1) is 14.8. The molecular weight excluding hydrogens is 415 g/mol. The van der Waals surface area contributed by atoms with Gasteiger partial charge in [0.2, 0.25) is 5.91 Å². The molecule has 1 aliphatic heterocycles. The summed E-state index contributed by atoms with van der Waals surface area (Å²) >= 11 is 1.35. The zero-order chi connectivity index (χ0) is 22.5. The van der Waals surface area contributed by atoms with Gasteiger partial charge in [-0.05, 0) is 64.0 Å². The average Bonchev–Trinajstić information content (AvgIpc) is 3.14. The van der Waals surface area contributed by atoms with E-state index in [9.17, 15) is 14.0 Å². The van der Waals surface area contributed by atoms with Crippen molar-refractivity contribution in [2.75, 3.05) is 40.3 Å². The summed E-state index contributed by atoms with van der Waals surface area (Å²) in [7, 11) is 3.96. The second-order valence-corrected chi connectivity index (χ2v) is 9.45. The lowest BCUT2D eigenvalue weighted by Crippen LogP contribution is -2.43. The normalized spacial score (nSPS) is 15.9. The van der Waals surface area contributed by atoms with Gasteiger partial charge in [0.1, 0.15) is 15.7 Å². The molecule has 1 aromatic carbocycles. The molecule has 168 valence electrons. The van der Waals surface area contributed by atoms with Gasteiger partial charge in [-0.3, -0.25) is 9.59 Å². The maximum atomic E-state index is 13.2. The first-order valence-corrected chi connectivity index (χ1v) is 11.5. The van der Waals surface area contributed by atoms with Gasteiger partial charge in [0.25, 0.3) is 5.91 Å². The molecule has 0 spiro atoms. The number of nitrogens with zero attached hydrogens (tertiary/aromatic N) is 3. The Balaban J connectivity index is 1.57. The quantitative estimate of drug-likeness (QED) is 0.708. The van der Waals surface area contributed by atoms with Crippen molar-refractivity contribution in [1.29, 1.82) is 0 Å². The van der Waals surface area contributed by atoms with Crippen LogP contribution in [0, 0.1) is 24.6 Å². The number of likely N-dealkylation sites (N-methyl/N-ethyl adjacent to an activating group) is 1. The van der Waals surface area contributed by atoms with Crippen molar-refractivity contribution in [3.05, 3.63) is 40.7 Å². The van der Waals surface area contributed by atoms with Crippen molar-refractivity contribution in [3.63, 3.8) is 0 Å². The van der Waals surface area contributed by atoms with Crippen molar-refractivity contribution in [3.8, 4) is 10.6 Å². The molecule has 8 heteroatoms. The van der Waals surface area contributed by atoms with Crippen LogP contribution in [0.25, 0.3) is 10.6 Å². The zero-order valence-corrected chi connectivity index (χ0v) is 19.5. The van der Waals surface area contributed by atoms with E-state index in [2.05, 4.69) is 10.3 Å². The average molecular weight is 447 g/mol. The summed E-state index contributed by atoms with van der Waals surface area (Å²) in [5, 5.41) is 3.73. The molecule has 2 aromatic rings. The number of aromatic nitrogens is 1. The molecule has 0 unspecified atom stereocenters. The first-order valence-electron chi connectivity index (χ1n) is 10.7. The van der Waals surface area contributed by atoms with E-state index in [0.717, 1.165) is 30.0 Å². The fourth-order valence-corrected chi connectivity index (χ4v) is 4.87. The molecule has 1 fully saturated rings. The summed E-state index contributed by atoms with van der Waals surface area (Å²) in [4.78, 5) is 34.6. The van der Waals surface area contributed by atoms with Gasteiger partial charge >= 0.3 is 0 Å². The van der Waals surface area contributed by atoms with Gasteiger partial charge in [-0.2, -0.15) is 0 Å². The van der Waals surface area contributed by atoms with Crippen molar-refractivity contribution in [2.24, 2.45) is 11.8 Å². The van der Waals surface area contributed by atoms with E-state index in [4.69, 9.17) is 0 Å². The molecule has 1 aliphatic rings. The smallest absolute Gasteiger partial charge is 0.265 e. The number of piperidine rings is 1. The predicted octanol–water partition coefficient (Wildman–Crippen LogP) is 3.42. The van der Waals surface area contributed by atoms with Crippen LogP contribution in [0.2, 0.25) is 0 Å². The van der Waals surface area contributed by atoms with Gasteiger partial charge in [-0.1, -0.05) is 6.92 Å². The Hall–Kier alpha value is -2.32. The van der Waals surface area contributed by atoms with Crippen LogP contribution < -0.4 is 5.32 Å². The highest BCUT2D eigenvalue weighted by molar-refractivity contribution is 7.17. The molecule has 31 heavy (non-hydrogen) atoms. The lowest BCUT2D eigenvalue weighted by Gasteiger charge is -2.34. The van der Waals surface area contributed by atoms with E-state index in [1.54, 1.807) is 12.1 Å². The Morgan fingerprint density at radius 3 is 2.52 bits per heavy atom. The second kappa shape index (κ2) is 10.3. The summed E-state index contributed by atoms with van der Waals surface area (Å²) in [6.07, 6.45) is 1.63. The largest absolute Gasteiger partial charge is 0.355 e. The lowest BCUT2D eigenvalue weighted by atomic mass is 9.85. The van der Waals surface area contributed by atoms with Gasteiger partial charge in [-0.15, -0.1) is 11.3 Å². The predicted molar refractivity (Wildman–Crippen MR) is 122 cm³/mol. The number of aryl methyl sites for hydroxylation is 1. The zero-order valence-electron chi connectivity index (χ0n) is 18.7. The number of hydrogen-bond donors (Lipinski definition) is 1. The van der Waals surface area contributed by atoms with Gasteiger partial charge in [0.15, 0.2) is 0 Å². The number of amides is 2. The Bertz CT molecular complexity index is 905. The fraction of sp³-hybridized carbons (Fsp3) is 0.522. The highest BCUT2D eigenvalue weighted by atomic mass is 32.1. The molecule has 0 bridgehead atoms. The Labute approximate surface area is 187 Å². The van der Waals surface area contributed by atoms with Crippen molar-refractivity contribution in [2.45, 2.75) is 26.7 Å². The van der Waals surface area contributed by atoms with E-state index in [0.29, 0.717) is 30.2 Å². The van der Waals surface area contributed by atoms with Crippen LogP contribution in [0.5, 0.6) is 0 Å². The first kappa shape index (κ1) is 23.3. The number of carbonyl (C=O) groups excluding carboxylic acids is 2. The van der Waals surface area contributed by atoms with Crippen molar-refractivity contribution < 1.29 is 14.0 Å². The summed E-state index contributed by atoms with van der Waals surface area (Å²) in [6.45, 7) is 6.57. The molecule has 1 saturated heterocycles. The van der Waals surface area contributed by atoms with Crippen LogP contribution in [0.3, 0.4) is 0 Å². The fourth-order valence-electron chi connectivity index (χ4n) is 3.83. The van der Waals surface area contributed by atoms with E-state index in [-0.39, 0.29) is 29.5 Å². The molecule has 3 rings (SSSR count). The number of likely N-dealkylation sites (tertiary alicyclic amines) is 1. The van der Waals surface area contributed by atoms with Crippen LogP contribution in [-0.2, 0) is 4.79 Å². The highest BCUT2D eigenvalue weighted by Crippen LogP contribution is 2.31. The summed E-state index contributed by atoms with van der Waals surface area (Å²) in [6, 6.07) is 6.16. The molecule has 1 aromatic heterocycles. The van der Waals surface area contributed by atoms with E-state index in [1.165, 1.54) is 23.5 Å². The van der Waals surface area contributed by atoms with Crippen molar-refractivity contribution in [1.82, 2.24) is 20.1 Å². The Morgan fingerprint density at radius 2 is 1.90 bits per heavy atom. The molecule has 1 N–H and O–H groups in total. The molecule has 2 amide bonds. The third kappa shape index (κ3) is 5.89. The van der Waals surface area contributed by atoms with Gasteiger partial charge in [0.05, 0.1) is 5.69 Å². The number of benzene rings is 1. The molecule has 6 nitrogen and oxygen atoms in total. The minimum Gasteiger partial charge on any atom is -0.355 e. The van der Waals surface area contributed by atoms with Crippen LogP contribution in [0.15, 0.2) is 24.3 Å². The number of thiazole rings is 1. The monoisotopic (exact) mass is 446 g/mol. The molecule has 1 atom stereocenters. The van der Waals surface area contributed by atoms with Crippen molar-refractivity contribution >= 4 is 23.2 Å². The summed E-state index contributed by atoms with van der Waals surface area (Å²) < 4.78 is 13.2. The van der Waals surface area contributed by atoms with E-state index < -0.39 is 0 Å². The number of rotatable bonds is 7. The minimum atomic E-state index is -0.295. The third-order valence-corrected chi connectivity index (χ3v) is 7.08. The van der Waals surface area contributed by atoms with E-state index in [1.807, 2.05) is 37.7 Å². The number of carbonyl (C=O) groups is 2. The molecular formula is C23H31FN4O2S. The topological polar surface area (TPSA) is 65.5 Å². The Kier molecular flexibility index (Phi) is 7.78. The molecule has 0 aliphatic carbocycles. The van der Waals surface area contributed by atoms with Gasteiger partial charge in [-0.25, -0.2) is 9.37 Å². The van der Waals surface area contributed by atoms with Crippen LogP contribution in [0.4, 0.5) is 4.39 Å². The van der Waals surface area contributed by atoms with Crippen LogP contribution in [0.1, 0.15) is 35.1 Å². The number of nitrogens with one attached hydrogen (secondary N) is 1. The third-order valence-electron chi connectivity index (χ3n) is 5.89. The highest BCUT2D eigenvalue weighted by Gasteiger charge is 2.31. The SMILES string of the molecule is Cc1nc(-c2ccc(F)cc2)sc1C(=O)N1CCC([C@@H](C)C(=O)NCCN(C)C)CC1. The standard InChI is InChI=1S/C23H31FN4O2S/c1-15(21(29)25-11-14-27(3)4)17-9-12-28(13-10-17)23(30)20-16(2)26-22(31-20)18-5-7-19(24)8-6-18/h5-8,15,17H,9-14H2,1-4H3,(H,25,29)/t15-/m1/s1. The second-order valence-electron chi connectivity index (χ2n) is 8.45. The van der Waals surface area contributed by atoms with Crippen LogP contribution in [-0.4, -0.2) is 66.9 Å². The maximum Gasteiger partial charge on any atom is 0.265 e. The van der Waals surface area contributed by atoms with Crippen LogP contribution >= 0.6 is 11.3 Å². The summed E-state index contributed by atoms with van der Waals surface area (Å²) in [5.41, 5.74) is 1.51. The lowest BCUT2D eigenvalue weighted by molar-refractivity contribution is -0.126.